The van der Waals surface area contributed by atoms with Gasteiger partial charge in [-0.3, -0.25) is 14.4 Å². The summed E-state index contributed by atoms with van der Waals surface area (Å²) in [5.74, 6) is -2.86. The van der Waals surface area contributed by atoms with Gasteiger partial charge in [-0.15, -0.1) is 0 Å². The van der Waals surface area contributed by atoms with Crippen molar-refractivity contribution in [2.24, 2.45) is 11.8 Å². The van der Waals surface area contributed by atoms with Crippen LogP contribution in [-0.2, 0) is 14.4 Å². The molecule has 24 heavy (non-hydrogen) atoms. The van der Waals surface area contributed by atoms with E-state index >= 15 is 0 Å². The Morgan fingerprint density at radius 2 is 1.92 bits per heavy atom. The van der Waals surface area contributed by atoms with Gasteiger partial charge >= 0.3 is 5.97 Å². The molecule has 2 fully saturated rings. The molecular weight excluding hydrogens is 355 g/mol. The summed E-state index contributed by atoms with van der Waals surface area (Å²) >= 11 is 12.1. The number of carboxylic acids is 1. The van der Waals surface area contributed by atoms with Gasteiger partial charge in [-0.2, -0.15) is 0 Å². The SMILES string of the molecule is O=C(O)[C@@H]1CCN(C(=O)[C@@H]2CCN(c3cc(Cl)ccc3Cl)C2=O)C1. The number of hydrogen-bond acceptors (Lipinski definition) is 3. The molecule has 1 aromatic rings. The molecule has 6 nitrogen and oxygen atoms in total. The standard InChI is InChI=1S/C16H16Cl2N2O4/c17-10-1-2-12(18)13(7-10)20-6-4-11(15(20)22)14(21)19-5-3-9(8-19)16(23)24/h1-2,7,9,11H,3-6,8H2,(H,23,24)/t9-,11+/m1/s1. The number of nitrogens with zero attached hydrogens (tertiary/aromatic N) is 2. The number of aliphatic carboxylic acids is 1. The van der Waals surface area contributed by atoms with E-state index in [2.05, 4.69) is 0 Å². The van der Waals surface area contributed by atoms with Gasteiger partial charge in [0.15, 0.2) is 0 Å². The van der Waals surface area contributed by atoms with Crippen molar-refractivity contribution in [2.45, 2.75) is 12.8 Å². The Kier molecular flexibility index (Phi) is 4.69. The molecule has 2 amide bonds. The molecule has 0 radical (unpaired) electrons. The highest BCUT2D eigenvalue weighted by Crippen LogP contribution is 2.34. The molecule has 2 aliphatic rings. The van der Waals surface area contributed by atoms with Gasteiger partial charge in [0, 0.05) is 24.7 Å². The first-order valence-electron chi connectivity index (χ1n) is 7.66. The van der Waals surface area contributed by atoms with E-state index in [1.54, 1.807) is 18.2 Å². The fourth-order valence-electron chi connectivity index (χ4n) is 3.22. The van der Waals surface area contributed by atoms with Crippen LogP contribution in [0.5, 0.6) is 0 Å². The van der Waals surface area contributed by atoms with E-state index in [0.29, 0.717) is 41.7 Å². The summed E-state index contributed by atoms with van der Waals surface area (Å²) in [6.07, 6.45) is 0.806. The highest BCUT2D eigenvalue weighted by Gasteiger charge is 2.42. The smallest absolute Gasteiger partial charge is 0.308 e. The van der Waals surface area contributed by atoms with Gasteiger partial charge in [0.05, 0.1) is 16.6 Å². The second kappa shape index (κ2) is 6.61. The minimum atomic E-state index is -0.907. The maximum Gasteiger partial charge on any atom is 0.308 e. The van der Waals surface area contributed by atoms with Crippen LogP contribution in [0.3, 0.4) is 0 Å². The number of amides is 2. The molecule has 3 rings (SSSR count). The maximum absolute atomic E-state index is 12.6. The van der Waals surface area contributed by atoms with E-state index in [4.69, 9.17) is 28.3 Å². The number of carbonyl (C=O) groups excluding carboxylic acids is 2. The van der Waals surface area contributed by atoms with E-state index < -0.39 is 17.8 Å². The summed E-state index contributed by atoms with van der Waals surface area (Å²) in [5, 5.41) is 9.89. The van der Waals surface area contributed by atoms with Crippen LogP contribution in [0.15, 0.2) is 18.2 Å². The van der Waals surface area contributed by atoms with E-state index in [0.717, 1.165) is 0 Å². The zero-order valence-electron chi connectivity index (χ0n) is 12.7. The van der Waals surface area contributed by atoms with E-state index in [1.165, 1.54) is 9.80 Å². The third-order valence-corrected chi connectivity index (χ3v) is 5.11. The number of anilines is 1. The number of carbonyl (C=O) groups is 3. The summed E-state index contributed by atoms with van der Waals surface area (Å²) in [4.78, 5) is 39.2. The molecule has 1 N–H and O–H groups in total. The molecule has 8 heteroatoms. The van der Waals surface area contributed by atoms with Crippen LogP contribution in [0.4, 0.5) is 5.69 Å². The van der Waals surface area contributed by atoms with Gasteiger partial charge < -0.3 is 14.9 Å². The average Bonchev–Trinajstić information content (AvgIpc) is 3.16. The molecule has 2 saturated heterocycles. The molecule has 0 spiro atoms. The molecule has 0 unspecified atom stereocenters. The number of likely N-dealkylation sites (tertiary alicyclic amines) is 1. The number of hydrogen-bond donors (Lipinski definition) is 1. The molecule has 2 aliphatic heterocycles. The largest absolute Gasteiger partial charge is 0.481 e. The first-order valence-corrected chi connectivity index (χ1v) is 8.42. The molecule has 128 valence electrons. The van der Waals surface area contributed by atoms with Gasteiger partial charge in [0.2, 0.25) is 11.8 Å². The maximum atomic E-state index is 12.6. The van der Waals surface area contributed by atoms with E-state index in [1.807, 2.05) is 0 Å². The molecule has 0 saturated carbocycles. The van der Waals surface area contributed by atoms with Gasteiger partial charge in [-0.05, 0) is 31.0 Å². The quantitative estimate of drug-likeness (QED) is 0.827. The Hall–Kier alpha value is -1.79. The Balaban J connectivity index is 1.73. The van der Waals surface area contributed by atoms with Crippen molar-refractivity contribution in [3.05, 3.63) is 28.2 Å². The Labute approximate surface area is 148 Å². The minimum Gasteiger partial charge on any atom is -0.481 e. The van der Waals surface area contributed by atoms with Gasteiger partial charge in [0.25, 0.3) is 0 Å². The summed E-state index contributed by atoms with van der Waals surface area (Å²) < 4.78 is 0. The zero-order valence-corrected chi connectivity index (χ0v) is 14.3. The lowest BCUT2D eigenvalue weighted by molar-refractivity contribution is -0.142. The predicted octanol–water partition coefficient (Wildman–Crippen LogP) is 2.28. The Morgan fingerprint density at radius 3 is 2.58 bits per heavy atom. The number of halogens is 2. The average molecular weight is 371 g/mol. The minimum absolute atomic E-state index is 0.163. The molecule has 0 aliphatic carbocycles. The highest BCUT2D eigenvalue weighted by atomic mass is 35.5. The molecule has 2 heterocycles. The van der Waals surface area contributed by atoms with Crippen LogP contribution in [0.1, 0.15) is 12.8 Å². The van der Waals surface area contributed by atoms with Crippen molar-refractivity contribution in [2.75, 3.05) is 24.5 Å². The van der Waals surface area contributed by atoms with Crippen molar-refractivity contribution in [3.63, 3.8) is 0 Å². The van der Waals surface area contributed by atoms with Crippen LogP contribution in [0.25, 0.3) is 0 Å². The Morgan fingerprint density at radius 1 is 1.17 bits per heavy atom. The molecular formula is C16H16Cl2N2O4. The summed E-state index contributed by atoms with van der Waals surface area (Å²) in [6, 6.07) is 4.84. The van der Waals surface area contributed by atoms with Gasteiger partial charge in [-0.1, -0.05) is 23.2 Å². The van der Waals surface area contributed by atoms with Crippen LogP contribution in [0, 0.1) is 11.8 Å². The van der Waals surface area contributed by atoms with Crippen molar-refractivity contribution in [1.82, 2.24) is 4.90 Å². The normalized spacial score (nSPS) is 23.8. The number of carboxylic acid groups (broad SMARTS) is 1. The number of rotatable bonds is 3. The van der Waals surface area contributed by atoms with Crippen LogP contribution < -0.4 is 4.90 Å². The molecule has 1 aromatic carbocycles. The van der Waals surface area contributed by atoms with Crippen molar-refractivity contribution in [3.8, 4) is 0 Å². The van der Waals surface area contributed by atoms with Crippen molar-refractivity contribution in [1.29, 1.82) is 0 Å². The second-order valence-corrected chi connectivity index (χ2v) is 6.88. The highest BCUT2D eigenvalue weighted by molar-refractivity contribution is 6.36. The fraction of sp³-hybridized carbons (Fsp3) is 0.438. The zero-order chi connectivity index (χ0) is 17.4. The first kappa shape index (κ1) is 17.0. The predicted molar refractivity (Wildman–Crippen MR) is 89.2 cm³/mol. The lowest BCUT2D eigenvalue weighted by atomic mass is 10.1. The van der Waals surface area contributed by atoms with Crippen LogP contribution in [0.2, 0.25) is 10.0 Å². The topological polar surface area (TPSA) is 77.9 Å². The van der Waals surface area contributed by atoms with Gasteiger partial charge in [-0.25, -0.2) is 0 Å². The van der Waals surface area contributed by atoms with E-state index in [-0.39, 0.29) is 18.4 Å². The van der Waals surface area contributed by atoms with Crippen molar-refractivity contribution >= 4 is 46.7 Å². The summed E-state index contributed by atoms with van der Waals surface area (Å²) in [7, 11) is 0. The lowest BCUT2D eigenvalue weighted by Crippen LogP contribution is -2.39. The Bertz CT molecular complexity index is 709. The first-order chi connectivity index (χ1) is 11.4. The fourth-order valence-corrected chi connectivity index (χ4v) is 3.61. The monoisotopic (exact) mass is 370 g/mol. The van der Waals surface area contributed by atoms with Crippen molar-refractivity contribution < 1.29 is 19.5 Å². The van der Waals surface area contributed by atoms with E-state index in [9.17, 15) is 14.4 Å². The second-order valence-electron chi connectivity index (χ2n) is 6.03. The summed E-state index contributed by atoms with van der Waals surface area (Å²) in [5.41, 5.74) is 0.495. The number of benzene rings is 1. The van der Waals surface area contributed by atoms with Gasteiger partial charge in [0.1, 0.15) is 5.92 Å². The summed E-state index contributed by atoms with van der Waals surface area (Å²) in [6.45, 7) is 0.916. The lowest BCUT2D eigenvalue weighted by Gasteiger charge is -2.21. The molecule has 0 aromatic heterocycles. The molecule has 2 atom stereocenters. The third kappa shape index (κ3) is 3.08. The van der Waals surface area contributed by atoms with Crippen LogP contribution >= 0.6 is 23.2 Å². The molecule has 0 bridgehead atoms. The van der Waals surface area contributed by atoms with Crippen LogP contribution in [-0.4, -0.2) is 47.4 Å². The third-order valence-electron chi connectivity index (χ3n) is 4.55.